The fourth-order valence-corrected chi connectivity index (χ4v) is 2.65. The summed E-state index contributed by atoms with van der Waals surface area (Å²) in [6.07, 6.45) is 0.0946. The van der Waals surface area contributed by atoms with E-state index in [1.165, 1.54) is 25.7 Å². The molecule has 2 aromatic carbocycles. The van der Waals surface area contributed by atoms with Gasteiger partial charge < -0.3 is 15.5 Å². The molecule has 0 fully saturated rings. The van der Waals surface area contributed by atoms with E-state index in [4.69, 9.17) is 0 Å². The van der Waals surface area contributed by atoms with Gasteiger partial charge in [0.2, 0.25) is 17.7 Å². The van der Waals surface area contributed by atoms with Crippen molar-refractivity contribution in [2.45, 2.75) is 27.2 Å². The van der Waals surface area contributed by atoms with Crippen molar-refractivity contribution in [1.82, 2.24) is 0 Å². The van der Waals surface area contributed by atoms with Crippen LogP contribution in [0.25, 0.3) is 0 Å². The third-order valence-electron chi connectivity index (χ3n) is 3.99. The summed E-state index contributed by atoms with van der Waals surface area (Å²) in [7, 11) is 0. The number of carbonyl (C=O) groups excluding carboxylic acids is 4. The van der Waals surface area contributed by atoms with Crippen LogP contribution < -0.4 is 15.5 Å². The van der Waals surface area contributed by atoms with E-state index in [-0.39, 0.29) is 36.5 Å². The largest absolute Gasteiger partial charge is 0.326 e. The molecule has 2 aromatic rings. The second-order valence-corrected chi connectivity index (χ2v) is 6.33. The first-order valence-corrected chi connectivity index (χ1v) is 8.83. The van der Waals surface area contributed by atoms with Gasteiger partial charge in [0, 0.05) is 49.4 Å². The first-order chi connectivity index (χ1) is 13.3. The van der Waals surface area contributed by atoms with E-state index >= 15 is 0 Å². The first-order valence-electron chi connectivity index (χ1n) is 8.83. The van der Waals surface area contributed by atoms with E-state index in [9.17, 15) is 19.2 Å². The molecule has 0 radical (unpaired) electrons. The average molecular weight is 381 g/mol. The van der Waals surface area contributed by atoms with Gasteiger partial charge in [-0.1, -0.05) is 12.1 Å². The van der Waals surface area contributed by atoms with Crippen LogP contribution in [0.4, 0.5) is 17.1 Å². The molecular weight excluding hydrogens is 358 g/mol. The Kier molecular flexibility index (Phi) is 7.03. The fourth-order valence-electron chi connectivity index (χ4n) is 2.65. The van der Waals surface area contributed by atoms with Gasteiger partial charge in [0.15, 0.2) is 5.78 Å². The van der Waals surface area contributed by atoms with Gasteiger partial charge in [-0.15, -0.1) is 0 Å². The molecule has 0 spiro atoms. The van der Waals surface area contributed by atoms with E-state index in [0.717, 1.165) is 0 Å². The van der Waals surface area contributed by atoms with Crippen LogP contribution in [0.2, 0.25) is 0 Å². The molecule has 0 aromatic heterocycles. The van der Waals surface area contributed by atoms with Crippen LogP contribution in [0.15, 0.2) is 48.5 Å². The molecule has 0 saturated carbocycles. The van der Waals surface area contributed by atoms with Crippen molar-refractivity contribution in [3.8, 4) is 0 Å². The molecule has 0 aliphatic carbocycles. The van der Waals surface area contributed by atoms with E-state index < -0.39 is 0 Å². The van der Waals surface area contributed by atoms with Crippen LogP contribution in [0.5, 0.6) is 0 Å². The maximum atomic E-state index is 12.2. The lowest BCUT2D eigenvalue weighted by Crippen LogP contribution is -2.32. The van der Waals surface area contributed by atoms with Gasteiger partial charge in [0.1, 0.15) is 0 Å². The number of carbonyl (C=O) groups is 4. The summed E-state index contributed by atoms with van der Waals surface area (Å²) in [6.45, 7) is 4.51. The van der Waals surface area contributed by atoms with Crippen LogP contribution in [-0.4, -0.2) is 30.0 Å². The number of ketones is 1. The molecule has 0 unspecified atom stereocenters. The number of benzene rings is 2. The van der Waals surface area contributed by atoms with Gasteiger partial charge in [-0.2, -0.15) is 0 Å². The van der Waals surface area contributed by atoms with E-state index in [0.29, 0.717) is 22.6 Å². The molecule has 146 valence electrons. The molecule has 3 amide bonds. The lowest BCUT2D eigenvalue weighted by Gasteiger charge is -2.21. The Hall–Kier alpha value is -3.48. The summed E-state index contributed by atoms with van der Waals surface area (Å²) in [5.41, 5.74) is 2.31. The molecule has 0 heterocycles. The molecule has 28 heavy (non-hydrogen) atoms. The lowest BCUT2D eigenvalue weighted by molar-refractivity contribution is -0.117. The van der Waals surface area contributed by atoms with Crippen LogP contribution >= 0.6 is 0 Å². The Morgan fingerprint density at radius 2 is 1.54 bits per heavy atom. The van der Waals surface area contributed by atoms with Crippen molar-refractivity contribution in [2.75, 3.05) is 22.1 Å². The number of Topliss-reactive ketones (excluding diaryl/α,β-unsaturated/α-hetero) is 1. The van der Waals surface area contributed by atoms with Crippen molar-refractivity contribution in [3.63, 3.8) is 0 Å². The van der Waals surface area contributed by atoms with Crippen molar-refractivity contribution in [3.05, 3.63) is 54.1 Å². The van der Waals surface area contributed by atoms with E-state index in [1.54, 1.807) is 48.5 Å². The highest BCUT2D eigenvalue weighted by Crippen LogP contribution is 2.19. The monoisotopic (exact) mass is 381 g/mol. The number of hydrogen-bond acceptors (Lipinski definition) is 4. The minimum absolute atomic E-state index is 0.0819. The number of nitrogens with one attached hydrogen (secondary N) is 2. The normalized spacial score (nSPS) is 10.1. The van der Waals surface area contributed by atoms with Gasteiger partial charge in [-0.05, 0) is 43.3 Å². The molecular formula is C21H23N3O4. The Balaban J connectivity index is 2.00. The minimum atomic E-state index is -0.262. The number of nitrogens with zero attached hydrogens (tertiary/aromatic N) is 1. The Morgan fingerprint density at radius 3 is 2.11 bits per heavy atom. The van der Waals surface area contributed by atoms with Gasteiger partial charge >= 0.3 is 0 Å². The Bertz CT molecular complexity index is 891. The molecule has 2 rings (SSSR count). The predicted octanol–water partition coefficient (Wildman–Crippen LogP) is 3.23. The topological polar surface area (TPSA) is 95.6 Å². The molecule has 0 atom stereocenters. The first kappa shape index (κ1) is 20.8. The Labute approximate surface area is 163 Å². The maximum absolute atomic E-state index is 12.2. The highest BCUT2D eigenvalue weighted by Gasteiger charge is 2.14. The predicted molar refractivity (Wildman–Crippen MR) is 108 cm³/mol. The molecule has 7 heteroatoms. The second kappa shape index (κ2) is 9.45. The van der Waals surface area contributed by atoms with Crippen LogP contribution in [0.1, 0.15) is 37.6 Å². The highest BCUT2D eigenvalue weighted by atomic mass is 16.2. The summed E-state index contributed by atoms with van der Waals surface area (Å²) < 4.78 is 0. The summed E-state index contributed by atoms with van der Waals surface area (Å²) in [5, 5.41) is 5.40. The van der Waals surface area contributed by atoms with Gasteiger partial charge in [0.05, 0.1) is 0 Å². The molecule has 0 saturated heterocycles. The summed E-state index contributed by atoms with van der Waals surface area (Å²) in [5.74, 6) is -0.719. The molecule has 0 aliphatic rings. The van der Waals surface area contributed by atoms with E-state index in [1.807, 2.05) is 0 Å². The quantitative estimate of drug-likeness (QED) is 0.720. The maximum Gasteiger partial charge on any atom is 0.226 e. The fraction of sp³-hybridized carbons (Fsp3) is 0.238. The third-order valence-corrected chi connectivity index (χ3v) is 3.99. The lowest BCUT2D eigenvalue weighted by atomic mass is 10.1. The van der Waals surface area contributed by atoms with E-state index in [2.05, 4.69) is 10.6 Å². The third kappa shape index (κ3) is 6.05. The molecule has 7 nitrogen and oxygen atoms in total. The summed E-state index contributed by atoms with van der Waals surface area (Å²) >= 11 is 0. The Morgan fingerprint density at radius 1 is 0.857 bits per heavy atom. The summed E-state index contributed by atoms with van der Waals surface area (Å²) in [4.78, 5) is 48.2. The number of hydrogen-bond donors (Lipinski definition) is 2. The van der Waals surface area contributed by atoms with Crippen molar-refractivity contribution >= 4 is 40.6 Å². The number of amides is 3. The zero-order chi connectivity index (χ0) is 20.7. The SMILES string of the molecule is CC(=O)Nc1ccc(N(CCC(=O)Nc2cccc(C(C)=O)c2)C(C)=O)cc1. The van der Waals surface area contributed by atoms with Crippen LogP contribution in [-0.2, 0) is 14.4 Å². The van der Waals surface area contributed by atoms with Gasteiger partial charge in [-0.25, -0.2) is 0 Å². The standard InChI is InChI=1S/C21H23N3O4/c1-14(25)17-5-4-6-19(13-17)23-21(28)11-12-24(16(3)27)20-9-7-18(8-10-20)22-15(2)26/h4-10,13H,11-12H2,1-3H3,(H,22,26)(H,23,28). The second-order valence-electron chi connectivity index (χ2n) is 6.33. The summed E-state index contributed by atoms with van der Waals surface area (Å²) in [6, 6.07) is 13.5. The van der Waals surface area contributed by atoms with Gasteiger partial charge in [-0.3, -0.25) is 19.2 Å². The van der Waals surface area contributed by atoms with Crippen molar-refractivity contribution < 1.29 is 19.2 Å². The number of rotatable bonds is 7. The minimum Gasteiger partial charge on any atom is -0.326 e. The zero-order valence-electron chi connectivity index (χ0n) is 16.1. The number of anilines is 3. The van der Waals surface area contributed by atoms with Crippen molar-refractivity contribution in [1.29, 1.82) is 0 Å². The molecule has 0 bridgehead atoms. The highest BCUT2D eigenvalue weighted by molar-refractivity contribution is 5.98. The van der Waals surface area contributed by atoms with Gasteiger partial charge in [0.25, 0.3) is 0 Å². The molecule has 2 N–H and O–H groups in total. The average Bonchev–Trinajstić information content (AvgIpc) is 2.62. The molecule has 0 aliphatic heterocycles. The van der Waals surface area contributed by atoms with Crippen molar-refractivity contribution in [2.24, 2.45) is 0 Å². The zero-order valence-corrected chi connectivity index (χ0v) is 16.1. The smallest absolute Gasteiger partial charge is 0.226 e. The van der Waals surface area contributed by atoms with Crippen LogP contribution in [0.3, 0.4) is 0 Å². The van der Waals surface area contributed by atoms with Crippen LogP contribution in [0, 0.1) is 0 Å².